The largest absolute Gasteiger partial charge is 0.488 e. The van der Waals surface area contributed by atoms with Crippen LogP contribution in [-0.4, -0.2) is 30.0 Å². The van der Waals surface area contributed by atoms with Crippen LogP contribution in [0.2, 0.25) is 0 Å². The van der Waals surface area contributed by atoms with Crippen LogP contribution in [-0.2, 0) is 6.61 Å². The minimum atomic E-state index is -0.209. The van der Waals surface area contributed by atoms with Gasteiger partial charge < -0.3 is 9.64 Å². The van der Waals surface area contributed by atoms with Gasteiger partial charge >= 0.3 is 0 Å². The van der Waals surface area contributed by atoms with Crippen LogP contribution in [0.15, 0.2) is 93.2 Å². The van der Waals surface area contributed by atoms with E-state index in [0.29, 0.717) is 29.1 Å². The summed E-state index contributed by atoms with van der Waals surface area (Å²) in [5.74, 6) is 1.29. The van der Waals surface area contributed by atoms with Gasteiger partial charge in [-0.05, 0) is 46.7 Å². The summed E-state index contributed by atoms with van der Waals surface area (Å²) in [5, 5.41) is 7.47. The summed E-state index contributed by atoms with van der Waals surface area (Å²) in [6, 6.07) is 26.0. The third-order valence-electron chi connectivity index (χ3n) is 6.44. The van der Waals surface area contributed by atoms with Gasteiger partial charge in [-0.25, -0.2) is 4.98 Å². The van der Waals surface area contributed by atoms with E-state index in [-0.39, 0.29) is 11.5 Å². The highest BCUT2D eigenvalue weighted by Crippen LogP contribution is 2.27. The van der Waals surface area contributed by atoms with Gasteiger partial charge in [0, 0.05) is 41.8 Å². The molecule has 0 unspecified atom stereocenters. The van der Waals surface area contributed by atoms with Crippen molar-refractivity contribution in [1.29, 1.82) is 0 Å². The van der Waals surface area contributed by atoms with Gasteiger partial charge in [0.2, 0.25) is 0 Å². The molecule has 0 saturated carbocycles. The van der Waals surface area contributed by atoms with Gasteiger partial charge in [-0.2, -0.15) is 9.78 Å². The Kier molecular flexibility index (Phi) is 7.29. The number of fused-ring (bicyclic) bond motifs is 2. The van der Waals surface area contributed by atoms with Crippen molar-refractivity contribution in [3.05, 3.63) is 111 Å². The molecule has 7 heteroatoms. The number of anilines is 1. The molecule has 0 bridgehead atoms. The lowest BCUT2D eigenvalue weighted by molar-refractivity contribution is 0.307. The molecule has 0 N–H and O–H groups in total. The first-order valence-corrected chi connectivity index (χ1v) is 13.3. The maximum Gasteiger partial charge on any atom is 0.282 e. The summed E-state index contributed by atoms with van der Waals surface area (Å²) in [7, 11) is 3.98. The van der Waals surface area contributed by atoms with Crippen LogP contribution in [0.5, 0.6) is 5.75 Å². The van der Waals surface area contributed by atoms with Crippen molar-refractivity contribution in [2.45, 2.75) is 26.4 Å². The number of benzene rings is 4. The first-order valence-electron chi connectivity index (χ1n) is 12.5. The van der Waals surface area contributed by atoms with E-state index in [1.165, 1.54) is 10.1 Å². The highest BCUT2D eigenvalue weighted by Gasteiger charge is 2.14. The molecule has 0 fully saturated rings. The Balaban J connectivity index is 1.55. The molecule has 1 aromatic heterocycles. The average Bonchev–Trinajstić information content (AvgIpc) is 2.91. The van der Waals surface area contributed by atoms with E-state index in [0.717, 1.165) is 26.7 Å². The molecule has 0 radical (unpaired) electrons. The third-order valence-corrected chi connectivity index (χ3v) is 6.93. The molecule has 5 rings (SSSR count). The van der Waals surface area contributed by atoms with E-state index in [9.17, 15) is 4.79 Å². The second kappa shape index (κ2) is 10.8. The Hall–Kier alpha value is -3.97. The molecular weight excluding hydrogens is 540 g/mol. The fourth-order valence-corrected chi connectivity index (χ4v) is 4.74. The molecule has 6 nitrogen and oxygen atoms in total. The van der Waals surface area contributed by atoms with Gasteiger partial charge in [0.1, 0.15) is 18.2 Å². The number of hydrogen-bond donors (Lipinski definition) is 0. The van der Waals surface area contributed by atoms with Crippen molar-refractivity contribution >= 4 is 49.5 Å². The summed E-state index contributed by atoms with van der Waals surface area (Å²) in [5.41, 5.74) is 3.32. The summed E-state index contributed by atoms with van der Waals surface area (Å²) in [6.07, 6.45) is 1.68. The first kappa shape index (κ1) is 25.7. The van der Waals surface area contributed by atoms with Crippen molar-refractivity contribution in [3.8, 4) is 5.75 Å². The quantitative estimate of drug-likeness (QED) is 0.199. The number of halogens is 1. The lowest BCUT2D eigenvalue weighted by Gasteiger charge is -2.17. The van der Waals surface area contributed by atoms with Crippen molar-refractivity contribution in [1.82, 2.24) is 9.66 Å². The molecule has 0 saturated heterocycles. The molecule has 192 valence electrons. The predicted octanol–water partition coefficient (Wildman–Crippen LogP) is 6.96. The highest BCUT2D eigenvalue weighted by molar-refractivity contribution is 9.10. The molecule has 0 amide bonds. The zero-order valence-corrected chi connectivity index (χ0v) is 23.4. The van der Waals surface area contributed by atoms with Crippen molar-refractivity contribution in [2.75, 3.05) is 19.0 Å². The van der Waals surface area contributed by atoms with E-state index in [4.69, 9.17) is 9.72 Å². The highest BCUT2D eigenvalue weighted by atomic mass is 79.9. The van der Waals surface area contributed by atoms with Crippen molar-refractivity contribution in [2.24, 2.45) is 5.10 Å². The van der Waals surface area contributed by atoms with Gasteiger partial charge in [0.25, 0.3) is 5.56 Å². The number of rotatable bonds is 7. The fourth-order valence-electron chi connectivity index (χ4n) is 4.38. The van der Waals surface area contributed by atoms with Crippen LogP contribution in [0.4, 0.5) is 5.69 Å². The van der Waals surface area contributed by atoms with Gasteiger partial charge in [-0.15, -0.1) is 0 Å². The smallest absolute Gasteiger partial charge is 0.282 e. The standard InChI is InChI=1S/C31H29BrN4O2/c1-20(2)30-34-28-15-13-24(32)16-27(28)31(37)36(30)33-18-22-12-14-25(35(3)4)17-29(22)38-19-23-10-7-9-21-8-5-6-11-26(21)23/h5-18,20H,19H2,1-4H3. The van der Waals surface area contributed by atoms with Crippen molar-refractivity contribution < 1.29 is 4.74 Å². The minimum Gasteiger partial charge on any atom is -0.488 e. The van der Waals surface area contributed by atoms with Gasteiger partial charge in [0.15, 0.2) is 0 Å². The van der Waals surface area contributed by atoms with Gasteiger partial charge in [-0.3, -0.25) is 4.79 Å². The zero-order chi connectivity index (χ0) is 26.8. The molecular formula is C31H29BrN4O2. The summed E-state index contributed by atoms with van der Waals surface area (Å²) < 4.78 is 8.59. The van der Waals surface area contributed by atoms with Crippen LogP contribution in [0, 0.1) is 0 Å². The maximum absolute atomic E-state index is 13.4. The Morgan fingerprint density at radius 3 is 2.58 bits per heavy atom. The number of aromatic nitrogens is 2. The normalized spacial score (nSPS) is 11.6. The van der Waals surface area contributed by atoms with Crippen LogP contribution in [0.25, 0.3) is 21.7 Å². The Bertz CT molecular complexity index is 1720. The molecule has 5 aromatic rings. The maximum atomic E-state index is 13.4. The molecule has 0 atom stereocenters. The Morgan fingerprint density at radius 2 is 1.79 bits per heavy atom. The molecule has 0 spiro atoms. The molecule has 38 heavy (non-hydrogen) atoms. The molecule has 4 aromatic carbocycles. The topological polar surface area (TPSA) is 59.7 Å². The predicted molar refractivity (Wildman–Crippen MR) is 160 cm³/mol. The van der Waals surface area contributed by atoms with E-state index >= 15 is 0 Å². The zero-order valence-electron chi connectivity index (χ0n) is 21.9. The minimum absolute atomic E-state index is 0.00564. The lowest BCUT2D eigenvalue weighted by atomic mass is 10.1. The first-order chi connectivity index (χ1) is 18.3. The molecule has 0 aliphatic rings. The van der Waals surface area contributed by atoms with Crippen molar-refractivity contribution in [3.63, 3.8) is 0 Å². The summed E-state index contributed by atoms with van der Waals surface area (Å²) in [6.45, 7) is 4.41. The SMILES string of the molecule is CC(C)c1nc2ccc(Br)cc2c(=O)n1N=Cc1ccc(N(C)C)cc1OCc1cccc2ccccc12. The number of hydrogen-bond acceptors (Lipinski definition) is 5. The Morgan fingerprint density at radius 1 is 1.00 bits per heavy atom. The molecule has 1 heterocycles. The fraction of sp³-hybridized carbons (Fsp3) is 0.194. The number of nitrogens with zero attached hydrogens (tertiary/aromatic N) is 4. The molecule has 0 aliphatic carbocycles. The molecule has 0 aliphatic heterocycles. The van der Waals surface area contributed by atoms with Crippen LogP contribution in [0.1, 0.15) is 36.7 Å². The van der Waals surface area contributed by atoms with Gasteiger partial charge in [-0.1, -0.05) is 72.2 Å². The summed E-state index contributed by atoms with van der Waals surface area (Å²) in [4.78, 5) is 20.2. The van der Waals surface area contributed by atoms with Gasteiger partial charge in [0.05, 0.1) is 17.1 Å². The lowest BCUT2D eigenvalue weighted by Crippen LogP contribution is -2.23. The van der Waals surface area contributed by atoms with E-state index in [1.54, 1.807) is 12.3 Å². The summed E-state index contributed by atoms with van der Waals surface area (Å²) >= 11 is 3.46. The Labute approximate surface area is 230 Å². The van der Waals surface area contributed by atoms with E-state index < -0.39 is 0 Å². The second-order valence-corrected chi connectivity index (χ2v) is 10.6. The second-order valence-electron chi connectivity index (χ2n) is 9.69. The van der Waals surface area contributed by atoms with Crippen LogP contribution in [0.3, 0.4) is 0 Å². The third kappa shape index (κ3) is 5.20. The monoisotopic (exact) mass is 568 g/mol. The van der Waals surface area contributed by atoms with E-state index in [2.05, 4.69) is 45.3 Å². The average molecular weight is 570 g/mol. The number of ether oxygens (including phenoxy) is 1. The van der Waals surface area contributed by atoms with Crippen LogP contribution >= 0.6 is 15.9 Å². The van der Waals surface area contributed by atoms with E-state index in [1.807, 2.05) is 81.4 Å². The van der Waals surface area contributed by atoms with Crippen LogP contribution < -0.4 is 15.2 Å².